The van der Waals surface area contributed by atoms with Crippen LogP contribution in [0.2, 0.25) is 0 Å². The highest BCUT2D eigenvalue weighted by Crippen LogP contribution is 2.24. The molecule has 156 valence electrons. The smallest absolute Gasteiger partial charge is 0.224 e. The van der Waals surface area contributed by atoms with Gasteiger partial charge in [0, 0.05) is 37.5 Å². The molecule has 2 heterocycles. The molecule has 0 bridgehead atoms. The van der Waals surface area contributed by atoms with Crippen LogP contribution in [0.25, 0.3) is 11.3 Å². The Morgan fingerprint density at radius 1 is 1.24 bits per heavy atom. The molecular weight excluding hydrogens is 366 g/mol. The van der Waals surface area contributed by atoms with Crippen LogP contribution in [0.4, 0.5) is 0 Å². The third-order valence-electron chi connectivity index (χ3n) is 5.57. The van der Waals surface area contributed by atoms with E-state index in [2.05, 4.69) is 24.1 Å². The van der Waals surface area contributed by atoms with Gasteiger partial charge in [-0.1, -0.05) is 43.7 Å². The lowest BCUT2D eigenvalue weighted by Crippen LogP contribution is -2.49. The minimum atomic E-state index is -0.113. The molecule has 3 rings (SSSR count). The van der Waals surface area contributed by atoms with Gasteiger partial charge in [0.25, 0.3) is 0 Å². The van der Waals surface area contributed by atoms with E-state index in [1.165, 1.54) is 0 Å². The number of carbonyl (C=O) groups is 2. The lowest BCUT2D eigenvalue weighted by atomic mass is 9.92. The predicted octanol–water partition coefficient (Wildman–Crippen LogP) is 3.82. The van der Waals surface area contributed by atoms with Gasteiger partial charge in [0.15, 0.2) is 11.7 Å². The number of piperidine rings is 1. The first-order valence-electron chi connectivity index (χ1n) is 10.7. The van der Waals surface area contributed by atoms with E-state index in [0.717, 1.165) is 31.2 Å². The summed E-state index contributed by atoms with van der Waals surface area (Å²) in [6.07, 6.45) is 6.23. The van der Waals surface area contributed by atoms with E-state index >= 15 is 0 Å². The summed E-state index contributed by atoms with van der Waals surface area (Å²) in [5.74, 6) is 1.30. The highest BCUT2D eigenvalue weighted by atomic mass is 16.4. The van der Waals surface area contributed by atoms with Crippen LogP contribution in [0.3, 0.4) is 0 Å². The van der Waals surface area contributed by atoms with Crippen LogP contribution in [0.1, 0.15) is 51.8 Å². The molecule has 0 radical (unpaired) electrons. The number of nitrogens with zero attached hydrogens (tertiary/aromatic N) is 2. The van der Waals surface area contributed by atoms with E-state index in [0.29, 0.717) is 37.6 Å². The number of benzene rings is 1. The Kier molecular flexibility index (Phi) is 7.44. The van der Waals surface area contributed by atoms with Gasteiger partial charge in [0.1, 0.15) is 0 Å². The Labute approximate surface area is 172 Å². The standard InChI is InChI=1S/C23H31N3O3/c1-3-4-14-24-23(28)19-11-10-17(2)26(16-19)22(27)13-12-21-25-15-20(29-21)18-8-6-5-7-9-18/h5-9,15,17,19H,3-4,10-14,16H2,1-2H3,(H,24,28). The van der Waals surface area contributed by atoms with Crippen LogP contribution in [-0.4, -0.2) is 40.8 Å². The van der Waals surface area contributed by atoms with Crippen molar-refractivity contribution in [3.63, 3.8) is 0 Å². The van der Waals surface area contributed by atoms with Gasteiger partial charge < -0.3 is 14.6 Å². The Balaban J connectivity index is 1.53. The maximum absolute atomic E-state index is 12.8. The third kappa shape index (κ3) is 5.68. The van der Waals surface area contributed by atoms with Crippen LogP contribution in [0.5, 0.6) is 0 Å². The second-order valence-electron chi connectivity index (χ2n) is 7.80. The molecule has 0 spiro atoms. The number of nitrogens with one attached hydrogen (secondary N) is 1. The van der Waals surface area contributed by atoms with E-state index < -0.39 is 0 Å². The normalized spacial score (nSPS) is 19.2. The highest BCUT2D eigenvalue weighted by Gasteiger charge is 2.32. The summed E-state index contributed by atoms with van der Waals surface area (Å²) < 4.78 is 5.80. The molecule has 1 aliphatic rings. The number of carbonyl (C=O) groups excluding carboxylic acids is 2. The fourth-order valence-electron chi connectivity index (χ4n) is 3.72. The summed E-state index contributed by atoms with van der Waals surface area (Å²) in [6.45, 7) is 5.37. The molecular formula is C23H31N3O3. The van der Waals surface area contributed by atoms with E-state index in [1.807, 2.05) is 35.2 Å². The molecule has 1 N–H and O–H groups in total. The van der Waals surface area contributed by atoms with Gasteiger partial charge in [-0.25, -0.2) is 4.98 Å². The summed E-state index contributed by atoms with van der Waals surface area (Å²) >= 11 is 0. The summed E-state index contributed by atoms with van der Waals surface area (Å²) in [5.41, 5.74) is 0.971. The van der Waals surface area contributed by atoms with E-state index in [-0.39, 0.29) is 23.8 Å². The average Bonchev–Trinajstić information content (AvgIpc) is 3.22. The van der Waals surface area contributed by atoms with Crippen LogP contribution < -0.4 is 5.32 Å². The number of aromatic nitrogens is 1. The van der Waals surface area contributed by atoms with E-state index in [1.54, 1.807) is 6.20 Å². The first-order valence-corrected chi connectivity index (χ1v) is 10.7. The lowest BCUT2D eigenvalue weighted by molar-refractivity contribution is -0.138. The van der Waals surface area contributed by atoms with Crippen molar-refractivity contribution in [1.82, 2.24) is 15.2 Å². The summed E-state index contributed by atoms with van der Waals surface area (Å²) in [7, 11) is 0. The largest absolute Gasteiger partial charge is 0.441 e. The second-order valence-corrected chi connectivity index (χ2v) is 7.80. The van der Waals surface area contributed by atoms with Gasteiger partial charge in [-0.3, -0.25) is 9.59 Å². The molecule has 1 aromatic carbocycles. The van der Waals surface area contributed by atoms with Crippen LogP contribution in [0, 0.1) is 5.92 Å². The number of rotatable bonds is 8. The molecule has 2 atom stereocenters. The molecule has 1 aromatic heterocycles. The molecule has 0 saturated carbocycles. The number of hydrogen-bond acceptors (Lipinski definition) is 4. The van der Waals surface area contributed by atoms with Crippen molar-refractivity contribution in [2.75, 3.05) is 13.1 Å². The Hall–Kier alpha value is -2.63. The van der Waals surface area contributed by atoms with Crippen molar-refractivity contribution in [2.45, 2.75) is 58.4 Å². The molecule has 1 fully saturated rings. The van der Waals surface area contributed by atoms with Gasteiger partial charge in [-0.05, 0) is 26.2 Å². The molecule has 2 unspecified atom stereocenters. The number of unbranched alkanes of at least 4 members (excludes halogenated alkanes) is 1. The van der Waals surface area contributed by atoms with Gasteiger partial charge in [-0.2, -0.15) is 0 Å². The first kappa shape index (κ1) is 21.1. The van der Waals surface area contributed by atoms with Crippen molar-refractivity contribution in [1.29, 1.82) is 0 Å². The Morgan fingerprint density at radius 2 is 2.03 bits per heavy atom. The monoisotopic (exact) mass is 397 g/mol. The Morgan fingerprint density at radius 3 is 2.79 bits per heavy atom. The molecule has 1 aliphatic heterocycles. The quantitative estimate of drug-likeness (QED) is 0.687. The van der Waals surface area contributed by atoms with Crippen LogP contribution in [0.15, 0.2) is 40.9 Å². The number of amides is 2. The van der Waals surface area contributed by atoms with E-state index in [9.17, 15) is 9.59 Å². The average molecular weight is 398 g/mol. The zero-order valence-electron chi connectivity index (χ0n) is 17.4. The maximum atomic E-state index is 12.8. The van der Waals surface area contributed by atoms with Gasteiger partial charge in [-0.15, -0.1) is 0 Å². The lowest BCUT2D eigenvalue weighted by Gasteiger charge is -2.37. The molecule has 2 aromatic rings. The number of oxazole rings is 1. The number of aryl methyl sites for hydroxylation is 1. The SMILES string of the molecule is CCCCNC(=O)C1CCC(C)N(C(=O)CCc2ncc(-c3ccccc3)o2)C1. The first-order chi connectivity index (χ1) is 14.1. The van der Waals surface area contributed by atoms with Gasteiger partial charge >= 0.3 is 0 Å². The molecule has 29 heavy (non-hydrogen) atoms. The van der Waals surface area contributed by atoms with E-state index in [4.69, 9.17) is 4.42 Å². The van der Waals surface area contributed by atoms with Gasteiger partial charge in [0.05, 0.1) is 12.1 Å². The van der Waals surface area contributed by atoms with Crippen molar-refractivity contribution in [3.05, 3.63) is 42.4 Å². The second kappa shape index (κ2) is 10.2. The van der Waals surface area contributed by atoms with Gasteiger partial charge in [0.2, 0.25) is 11.8 Å². The summed E-state index contributed by atoms with van der Waals surface area (Å²) in [4.78, 5) is 31.4. The minimum absolute atomic E-state index is 0.0584. The Bertz CT molecular complexity index is 803. The maximum Gasteiger partial charge on any atom is 0.224 e. The molecule has 1 saturated heterocycles. The topological polar surface area (TPSA) is 75.4 Å². The molecule has 6 heteroatoms. The van der Waals surface area contributed by atoms with Crippen LogP contribution >= 0.6 is 0 Å². The number of hydrogen-bond donors (Lipinski definition) is 1. The van der Waals surface area contributed by atoms with Crippen molar-refractivity contribution in [2.24, 2.45) is 5.92 Å². The molecule has 2 amide bonds. The highest BCUT2D eigenvalue weighted by molar-refractivity contribution is 5.81. The molecule has 6 nitrogen and oxygen atoms in total. The fourth-order valence-corrected chi connectivity index (χ4v) is 3.72. The summed E-state index contributed by atoms with van der Waals surface area (Å²) in [6, 6.07) is 9.96. The zero-order chi connectivity index (χ0) is 20.6. The zero-order valence-corrected chi connectivity index (χ0v) is 17.4. The molecule has 0 aliphatic carbocycles. The number of likely N-dealkylation sites (tertiary alicyclic amines) is 1. The van der Waals surface area contributed by atoms with Crippen molar-refractivity contribution in [3.8, 4) is 11.3 Å². The van der Waals surface area contributed by atoms with Crippen molar-refractivity contribution >= 4 is 11.8 Å². The predicted molar refractivity (Wildman–Crippen MR) is 112 cm³/mol. The van der Waals surface area contributed by atoms with Crippen LogP contribution in [-0.2, 0) is 16.0 Å². The fraction of sp³-hybridized carbons (Fsp3) is 0.522. The summed E-state index contributed by atoms with van der Waals surface area (Å²) in [5, 5.41) is 3.00. The minimum Gasteiger partial charge on any atom is -0.441 e. The third-order valence-corrected chi connectivity index (χ3v) is 5.57. The van der Waals surface area contributed by atoms with Crippen molar-refractivity contribution < 1.29 is 14.0 Å².